The zero-order valence-corrected chi connectivity index (χ0v) is 20.5. The number of carboxylic acids is 1. The number of nitrogen functional groups attached to an aromatic ring is 1. The van der Waals surface area contributed by atoms with Crippen molar-refractivity contribution in [3.63, 3.8) is 0 Å². The van der Waals surface area contributed by atoms with E-state index in [1.165, 1.54) is 38.5 Å². The lowest BCUT2D eigenvalue weighted by atomic mass is 10.0. The molecule has 33 heavy (non-hydrogen) atoms. The van der Waals surface area contributed by atoms with E-state index in [9.17, 15) is 19.5 Å². The van der Waals surface area contributed by atoms with E-state index < -0.39 is 29.2 Å². The Morgan fingerprint density at radius 1 is 1.42 bits per heavy atom. The van der Waals surface area contributed by atoms with E-state index in [0.29, 0.717) is 16.5 Å². The van der Waals surface area contributed by atoms with Gasteiger partial charge < -0.3 is 16.2 Å². The van der Waals surface area contributed by atoms with Gasteiger partial charge in [-0.2, -0.15) is 0 Å². The van der Waals surface area contributed by atoms with E-state index in [1.807, 2.05) is 0 Å². The predicted octanol–water partition coefficient (Wildman–Crippen LogP) is 0.926. The fourth-order valence-corrected chi connectivity index (χ4v) is 6.46. The van der Waals surface area contributed by atoms with Crippen LogP contribution in [0.1, 0.15) is 5.69 Å². The number of carbonyl (C=O) groups excluding carboxylic acids is 2. The topological polar surface area (TPSA) is 169 Å². The monoisotopic (exact) mass is 548 g/mol. The third-order valence-corrected chi connectivity index (χ3v) is 8.18. The minimum absolute atomic E-state index is 0.102. The van der Waals surface area contributed by atoms with Crippen molar-refractivity contribution >= 4 is 86.6 Å². The van der Waals surface area contributed by atoms with Crippen molar-refractivity contribution in [2.75, 3.05) is 17.2 Å². The van der Waals surface area contributed by atoms with Crippen molar-refractivity contribution in [1.29, 1.82) is 0 Å². The van der Waals surface area contributed by atoms with Gasteiger partial charge in [-0.3, -0.25) is 14.5 Å². The van der Waals surface area contributed by atoms with Crippen LogP contribution in [0.25, 0.3) is 5.57 Å². The summed E-state index contributed by atoms with van der Waals surface area (Å²) >= 11 is 15.5. The van der Waals surface area contributed by atoms with E-state index in [-0.39, 0.29) is 32.3 Å². The molecule has 0 spiro atoms. The number of nitrogens with zero attached hydrogens (tertiary/aromatic N) is 6. The van der Waals surface area contributed by atoms with Crippen LogP contribution in [0.5, 0.6) is 0 Å². The van der Waals surface area contributed by atoms with Gasteiger partial charge in [0.1, 0.15) is 21.6 Å². The maximum Gasteiger partial charge on any atom is 0.352 e. The molecule has 2 aliphatic rings. The molecule has 2 atom stereocenters. The number of hydrogen-bond donors (Lipinski definition) is 3. The molecule has 1 fully saturated rings. The smallest absolute Gasteiger partial charge is 0.352 e. The number of thioether (sulfide) groups is 2. The third kappa shape index (κ3) is 4.55. The molecule has 0 radical (unpaired) electrons. The lowest BCUT2D eigenvalue weighted by Gasteiger charge is -2.49. The van der Waals surface area contributed by atoms with Crippen LogP contribution in [0.2, 0.25) is 0 Å². The van der Waals surface area contributed by atoms with Gasteiger partial charge in [0, 0.05) is 23.9 Å². The van der Waals surface area contributed by atoms with Crippen molar-refractivity contribution in [3.8, 4) is 0 Å². The minimum Gasteiger partial charge on any atom is -0.477 e. The Bertz CT molecular complexity index is 1210. The third-order valence-electron chi connectivity index (χ3n) is 4.69. The van der Waals surface area contributed by atoms with Crippen LogP contribution >= 0.6 is 58.1 Å². The van der Waals surface area contributed by atoms with Crippen LogP contribution in [0.4, 0.5) is 5.13 Å². The molecule has 12 nitrogen and oxygen atoms in total. The number of carbonyl (C=O) groups is 3. The summed E-state index contributed by atoms with van der Waals surface area (Å²) in [4.78, 5) is 42.8. The number of aryl methyl sites for hydroxylation is 1. The zero-order chi connectivity index (χ0) is 23.9. The number of thiazole rings is 1. The van der Waals surface area contributed by atoms with Gasteiger partial charge in [0.25, 0.3) is 11.8 Å². The van der Waals surface area contributed by atoms with Crippen LogP contribution in [-0.2, 0) is 21.4 Å². The first-order chi connectivity index (χ1) is 15.7. The maximum atomic E-state index is 12.9. The maximum absolute atomic E-state index is 12.9. The summed E-state index contributed by atoms with van der Waals surface area (Å²) in [6.45, 7) is 0. The molecule has 0 bridgehead atoms. The standard InChI is InChI=1S/C16H14Cl2N8O4S3/c1-25-16(22-23-24-25)33-3-5-2-31-13-8(12(28)26(13)9(5)14(29)30)21-11(27)7(10(17)18)6-4-32-15(19)20-6/h4,8,13H,2-3H2,1H3,(H2,19,20)(H,21,27)(H,29,30)/t8?,13-/m0/s1. The van der Waals surface area contributed by atoms with Gasteiger partial charge in [-0.15, -0.1) is 28.2 Å². The Kier molecular flexibility index (Phi) is 6.86. The number of nitrogens with two attached hydrogens (primary N) is 1. The van der Waals surface area contributed by atoms with Gasteiger partial charge >= 0.3 is 5.97 Å². The Labute approximate surface area is 208 Å². The largest absolute Gasteiger partial charge is 0.477 e. The van der Waals surface area contributed by atoms with Crippen LogP contribution in [0.3, 0.4) is 0 Å². The van der Waals surface area contributed by atoms with Gasteiger partial charge in [0.15, 0.2) is 5.13 Å². The normalized spacial score (nSPS) is 19.7. The first-order valence-corrected chi connectivity index (χ1v) is 12.7. The van der Waals surface area contributed by atoms with Crippen molar-refractivity contribution in [1.82, 2.24) is 35.4 Å². The Hall–Kier alpha value is -2.33. The number of rotatable bonds is 7. The molecular formula is C16H14Cl2N8O4S3. The average Bonchev–Trinajstić information content (AvgIpc) is 3.37. The number of aromatic nitrogens is 5. The minimum atomic E-state index is -1.23. The Morgan fingerprint density at radius 2 is 2.18 bits per heavy atom. The molecule has 2 aromatic heterocycles. The quantitative estimate of drug-likeness (QED) is 0.255. The lowest BCUT2D eigenvalue weighted by Crippen LogP contribution is -2.70. The Balaban J connectivity index is 1.51. The molecule has 0 saturated carbocycles. The number of amides is 2. The van der Waals surface area contributed by atoms with Crippen molar-refractivity contribution < 1.29 is 19.5 Å². The molecule has 17 heteroatoms. The average molecular weight is 549 g/mol. The van der Waals surface area contributed by atoms with E-state index in [2.05, 4.69) is 25.8 Å². The highest BCUT2D eigenvalue weighted by Crippen LogP contribution is 2.41. The molecule has 4 heterocycles. The number of tetrazole rings is 1. The summed E-state index contributed by atoms with van der Waals surface area (Å²) < 4.78 is 1.13. The molecular weight excluding hydrogens is 535 g/mol. The molecule has 0 aromatic carbocycles. The predicted molar refractivity (Wildman–Crippen MR) is 124 cm³/mol. The van der Waals surface area contributed by atoms with E-state index in [4.69, 9.17) is 28.9 Å². The summed E-state index contributed by atoms with van der Waals surface area (Å²) in [6.07, 6.45) is 0. The molecule has 0 aliphatic carbocycles. The SMILES string of the molecule is Cn1nnnc1SCC1=C(C(=O)O)N2C(=O)C(NC(=O)C(=C(Cl)Cl)c3csc(N)n3)[C@@H]2SC1. The number of hydrogen-bond acceptors (Lipinski definition) is 11. The number of β-lactam (4-membered cyclic amide) rings is 1. The number of halogens is 2. The molecule has 174 valence electrons. The van der Waals surface area contributed by atoms with Crippen LogP contribution < -0.4 is 11.1 Å². The molecule has 1 saturated heterocycles. The summed E-state index contributed by atoms with van der Waals surface area (Å²) in [5, 5.41) is 25.2. The second-order valence-corrected chi connectivity index (χ2v) is 10.6. The van der Waals surface area contributed by atoms with Crippen molar-refractivity contribution in [3.05, 3.63) is 26.8 Å². The lowest BCUT2D eigenvalue weighted by molar-refractivity contribution is -0.150. The first kappa shape index (κ1) is 23.8. The number of aliphatic carboxylic acids is 1. The van der Waals surface area contributed by atoms with Crippen molar-refractivity contribution in [2.24, 2.45) is 7.05 Å². The van der Waals surface area contributed by atoms with Gasteiger partial charge in [0.05, 0.1) is 11.3 Å². The molecule has 4 rings (SSSR count). The fourth-order valence-electron chi connectivity index (χ4n) is 3.20. The molecule has 4 N–H and O–H groups in total. The van der Waals surface area contributed by atoms with E-state index in [0.717, 1.165) is 11.3 Å². The first-order valence-electron chi connectivity index (χ1n) is 9.01. The van der Waals surface area contributed by atoms with Gasteiger partial charge in [0.2, 0.25) is 5.16 Å². The fraction of sp³-hybridized carbons (Fsp3) is 0.312. The zero-order valence-electron chi connectivity index (χ0n) is 16.6. The number of anilines is 1. The summed E-state index contributed by atoms with van der Waals surface area (Å²) in [5.74, 6) is -1.86. The summed E-state index contributed by atoms with van der Waals surface area (Å²) in [7, 11) is 1.67. The highest BCUT2D eigenvalue weighted by Gasteiger charge is 2.54. The Morgan fingerprint density at radius 3 is 2.76 bits per heavy atom. The molecule has 2 aromatic rings. The molecule has 2 amide bonds. The van der Waals surface area contributed by atoms with Gasteiger partial charge in [-0.05, 0) is 16.0 Å². The summed E-state index contributed by atoms with van der Waals surface area (Å²) in [6, 6.07) is -0.951. The van der Waals surface area contributed by atoms with Gasteiger partial charge in [-0.1, -0.05) is 35.0 Å². The van der Waals surface area contributed by atoms with Crippen LogP contribution in [-0.4, -0.2) is 75.9 Å². The highest BCUT2D eigenvalue weighted by atomic mass is 35.5. The number of carboxylic acid groups (broad SMARTS) is 1. The van der Waals surface area contributed by atoms with Gasteiger partial charge in [-0.25, -0.2) is 14.5 Å². The van der Waals surface area contributed by atoms with E-state index >= 15 is 0 Å². The van der Waals surface area contributed by atoms with E-state index in [1.54, 1.807) is 7.05 Å². The highest BCUT2D eigenvalue weighted by molar-refractivity contribution is 8.01. The number of nitrogens with one attached hydrogen (secondary N) is 1. The molecule has 1 unspecified atom stereocenters. The van der Waals surface area contributed by atoms with Crippen LogP contribution in [0, 0.1) is 0 Å². The number of fused-ring (bicyclic) bond motifs is 1. The molecule has 2 aliphatic heterocycles. The second kappa shape index (κ2) is 9.50. The van der Waals surface area contributed by atoms with Crippen molar-refractivity contribution in [2.45, 2.75) is 16.6 Å². The van der Waals surface area contributed by atoms with Crippen LogP contribution in [0.15, 0.2) is 26.3 Å². The second-order valence-electron chi connectivity index (χ2n) is 6.70. The summed E-state index contributed by atoms with van der Waals surface area (Å²) in [5.41, 5.74) is 6.12.